The molecule has 2 fully saturated rings. The van der Waals surface area contributed by atoms with Gasteiger partial charge in [0, 0.05) is 25.8 Å². The van der Waals surface area contributed by atoms with Gasteiger partial charge in [-0.1, -0.05) is 36.4 Å². The van der Waals surface area contributed by atoms with E-state index in [1.165, 1.54) is 5.56 Å². The van der Waals surface area contributed by atoms with Crippen LogP contribution in [-0.2, 0) is 11.3 Å². The van der Waals surface area contributed by atoms with Crippen LogP contribution in [0.15, 0.2) is 54.7 Å². The molecule has 2 aromatic rings. The first-order chi connectivity index (χ1) is 12.8. The van der Waals surface area contributed by atoms with Crippen LogP contribution < -0.4 is 0 Å². The monoisotopic (exact) mass is 349 g/mol. The molecular formula is C22H27N3O. The fourth-order valence-corrected chi connectivity index (χ4v) is 4.39. The molecule has 0 spiro atoms. The number of rotatable bonds is 4. The van der Waals surface area contributed by atoms with Crippen molar-refractivity contribution in [2.45, 2.75) is 38.3 Å². The molecule has 0 unspecified atom stereocenters. The highest BCUT2D eigenvalue weighted by Crippen LogP contribution is 2.33. The Morgan fingerprint density at radius 1 is 1.00 bits per heavy atom. The number of hydrogen-bond donors (Lipinski definition) is 0. The summed E-state index contributed by atoms with van der Waals surface area (Å²) in [5.74, 6) is 0.452. The topological polar surface area (TPSA) is 36.4 Å². The smallest absolute Gasteiger partial charge is 0.227 e. The molecule has 2 saturated heterocycles. The molecule has 1 amide bonds. The van der Waals surface area contributed by atoms with E-state index >= 15 is 0 Å². The standard InChI is InChI=1S/C22H27N3O/c26-22(25-15-7-12-21(25)20-11-4-5-13-23-20)19-10-6-14-24(17-19)16-18-8-2-1-3-9-18/h1-5,8-9,11,13,19,21H,6-7,10,12,14-17H2/t19-,21-/m0/s1. The van der Waals surface area contributed by atoms with E-state index in [-0.39, 0.29) is 12.0 Å². The number of benzene rings is 1. The molecule has 1 aromatic heterocycles. The van der Waals surface area contributed by atoms with Crippen molar-refractivity contribution in [1.82, 2.24) is 14.8 Å². The Morgan fingerprint density at radius 3 is 2.62 bits per heavy atom. The molecule has 0 radical (unpaired) electrons. The van der Waals surface area contributed by atoms with E-state index in [1.807, 2.05) is 18.3 Å². The maximum atomic E-state index is 13.3. The first-order valence-corrected chi connectivity index (χ1v) is 9.79. The third-order valence-electron chi connectivity index (χ3n) is 5.67. The Balaban J connectivity index is 1.42. The summed E-state index contributed by atoms with van der Waals surface area (Å²) < 4.78 is 0. The molecule has 3 heterocycles. The Bertz CT molecular complexity index is 719. The van der Waals surface area contributed by atoms with Crippen molar-refractivity contribution < 1.29 is 4.79 Å². The molecule has 1 aromatic carbocycles. The summed E-state index contributed by atoms with van der Waals surface area (Å²) in [6.07, 6.45) is 6.05. The third kappa shape index (κ3) is 3.80. The maximum Gasteiger partial charge on any atom is 0.227 e. The lowest BCUT2D eigenvalue weighted by Crippen LogP contribution is -2.44. The van der Waals surface area contributed by atoms with Gasteiger partial charge >= 0.3 is 0 Å². The van der Waals surface area contributed by atoms with Crippen molar-refractivity contribution in [3.05, 3.63) is 66.0 Å². The largest absolute Gasteiger partial charge is 0.334 e. The lowest BCUT2D eigenvalue weighted by atomic mass is 9.95. The average molecular weight is 349 g/mol. The van der Waals surface area contributed by atoms with Gasteiger partial charge in [-0.15, -0.1) is 0 Å². The average Bonchev–Trinajstić information content (AvgIpc) is 3.19. The highest BCUT2D eigenvalue weighted by atomic mass is 16.2. The minimum absolute atomic E-state index is 0.122. The third-order valence-corrected chi connectivity index (χ3v) is 5.67. The van der Waals surface area contributed by atoms with Crippen LogP contribution in [0.25, 0.3) is 0 Å². The number of amides is 1. The van der Waals surface area contributed by atoms with Gasteiger partial charge in [0.1, 0.15) is 0 Å². The molecule has 0 N–H and O–H groups in total. The number of aromatic nitrogens is 1. The molecule has 2 aliphatic heterocycles. The second-order valence-electron chi connectivity index (χ2n) is 7.50. The zero-order chi connectivity index (χ0) is 17.8. The summed E-state index contributed by atoms with van der Waals surface area (Å²) >= 11 is 0. The number of pyridine rings is 1. The van der Waals surface area contributed by atoms with Crippen molar-refractivity contribution >= 4 is 5.91 Å². The summed E-state index contributed by atoms with van der Waals surface area (Å²) in [7, 11) is 0. The molecule has 2 atom stereocenters. The lowest BCUT2D eigenvalue weighted by molar-refractivity contribution is -0.138. The van der Waals surface area contributed by atoms with Crippen LogP contribution >= 0.6 is 0 Å². The van der Waals surface area contributed by atoms with Gasteiger partial charge < -0.3 is 4.90 Å². The summed E-state index contributed by atoms with van der Waals surface area (Å²) in [5, 5.41) is 0. The van der Waals surface area contributed by atoms with Crippen molar-refractivity contribution in [2.75, 3.05) is 19.6 Å². The summed E-state index contributed by atoms with van der Waals surface area (Å²) in [4.78, 5) is 22.3. The van der Waals surface area contributed by atoms with E-state index in [0.717, 1.165) is 57.6 Å². The number of piperidine rings is 1. The summed E-state index contributed by atoms with van der Waals surface area (Å²) in [5.41, 5.74) is 2.36. The van der Waals surface area contributed by atoms with Crippen LogP contribution in [0, 0.1) is 5.92 Å². The SMILES string of the molecule is O=C([C@H]1CCCN(Cc2ccccc2)C1)N1CCC[C@H]1c1ccccn1. The van der Waals surface area contributed by atoms with Gasteiger partial charge in [-0.3, -0.25) is 14.7 Å². The number of likely N-dealkylation sites (tertiary alicyclic amines) is 2. The van der Waals surface area contributed by atoms with Gasteiger partial charge in [0.05, 0.1) is 17.7 Å². The minimum atomic E-state index is 0.122. The van der Waals surface area contributed by atoms with Gasteiger partial charge in [-0.05, 0) is 49.9 Å². The van der Waals surface area contributed by atoms with Crippen LogP contribution in [0.2, 0.25) is 0 Å². The number of carbonyl (C=O) groups excluding carboxylic acids is 1. The molecule has 26 heavy (non-hydrogen) atoms. The molecule has 4 heteroatoms. The van der Waals surface area contributed by atoms with Crippen LogP contribution in [0.3, 0.4) is 0 Å². The number of carbonyl (C=O) groups is 1. The van der Waals surface area contributed by atoms with Crippen LogP contribution in [0.1, 0.15) is 43.0 Å². The molecule has 0 bridgehead atoms. The molecule has 0 aliphatic carbocycles. The zero-order valence-electron chi connectivity index (χ0n) is 15.3. The number of hydrogen-bond acceptors (Lipinski definition) is 3. The van der Waals surface area contributed by atoms with Gasteiger partial charge in [0.15, 0.2) is 0 Å². The van der Waals surface area contributed by atoms with Crippen LogP contribution in [0.4, 0.5) is 0 Å². The molecule has 4 rings (SSSR count). The molecule has 0 saturated carbocycles. The zero-order valence-corrected chi connectivity index (χ0v) is 15.3. The van der Waals surface area contributed by atoms with Gasteiger partial charge in [0.2, 0.25) is 5.91 Å². The first kappa shape index (κ1) is 17.2. The second-order valence-corrected chi connectivity index (χ2v) is 7.50. The molecule has 2 aliphatic rings. The quantitative estimate of drug-likeness (QED) is 0.845. The lowest BCUT2D eigenvalue weighted by Gasteiger charge is -2.35. The number of nitrogens with zero attached hydrogens (tertiary/aromatic N) is 3. The van der Waals surface area contributed by atoms with Crippen molar-refractivity contribution in [1.29, 1.82) is 0 Å². The fraction of sp³-hybridized carbons (Fsp3) is 0.455. The van der Waals surface area contributed by atoms with E-state index < -0.39 is 0 Å². The second kappa shape index (κ2) is 8.00. The molecule has 4 nitrogen and oxygen atoms in total. The van der Waals surface area contributed by atoms with Gasteiger partial charge in [-0.2, -0.15) is 0 Å². The fourth-order valence-electron chi connectivity index (χ4n) is 4.39. The highest BCUT2D eigenvalue weighted by Gasteiger charge is 2.36. The Kier molecular flexibility index (Phi) is 5.30. The molecule has 136 valence electrons. The van der Waals surface area contributed by atoms with E-state index in [2.05, 4.69) is 51.2 Å². The summed E-state index contributed by atoms with van der Waals surface area (Å²) in [6.45, 7) is 3.77. The van der Waals surface area contributed by atoms with E-state index in [4.69, 9.17) is 0 Å². The highest BCUT2D eigenvalue weighted by molar-refractivity contribution is 5.80. The Morgan fingerprint density at radius 2 is 1.81 bits per heavy atom. The molecular weight excluding hydrogens is 322 g/mol. The van der Waals surface area contributed by atoms with Crippen molar-refractivity contribution in [3.63, 3.8) is 0 Å². The van der Waals surface area contributed by atoms with Crippen LogP contribution in [-0.4, -0.2) is 40.3 Å². The van der Waals surface area contributed by atoms with Gasteiger partial charge in [0.25, 0.3) is 0 Å². The van der Waals surface area contributed by atoms with E-state index in [9.17, 15) is 4.79 Å². The maximum absolute atomic E-state index is 13.3. The van der Waals surface area contributed by atoms with E-state index in [1.54, 1.807) is 0 Å². The minimum Gasteiger partial charge on any atom is -0.334 e. The first-order valence-electron chi connectivity index (χ1n) is 9.79. The predicted octanol–water partition coefficient (Wildman–Crippen LogP) is 3.66. The predicted molar refractivity (Wildman–Crippen MR) is 102 cm³/mol. The Hall–Kier alpha value is -2.20. The van der Waals surface area contributed by atoms with Gasteiger partial charge in [-0.25, -0.2) is 0 Å². The van der Waals surface area contributed by atoms with E-state index in [0.29, 0.717) is 5.91 Å². The normalized spacial score (nSPS) is 23.9. The van der Waals surface area contributed by atoms with Crippen LogP contribution in [0.5, 0.6) is 0 Å². The summed E-state index contributed by atoms with van der Waals surface area (Å²) in [6, 6.07) is 16.7. The Labute approximate surface area is 155 Å². The van der Waals surface area contributed by atoms with Crippen molar-refractivity contribution in [3.8, 4) is 0 Å². The van der Waals surface area contributed by atoms with Crippen molar-refractivity contribution in [2.24, 2.45) is 5.92 Å².